The topological polar surface area (TPSA) is 32.3 Å². The summed E-state index contributed by atoms with van der Waals surface area (Å²) in [5.41, 5.74) is 1.93. The molecule has 1 aliphatic heterocycles. The fourth-order valence-electron chi connectivity index (χ4n) is 2.03. The van der Waals surface area contributed by atoms with E-state index in [4.69, 9.17) is 0 Å². The Bertz CT molecular complexity index is 364. The SMILES string of the molecule is CN(C)c1ccc(C(=O)C2CCCN2)cc1. The fraction of sp³-hybridized carbons (Fsp3) is 0.462. The molecule has 3 heteroatoms. The highest BCUT2D eigenvalue weighted by molar-refractivity contribution is 6.00. The van der Waals surface area contributed by atoms with E-state index in [0.29, 0.717) is 0 Å². The summed E-state index contributed by atoms with van der Waals surface area (Å²) in [6, 6.07) is 7.84. The van der Waals surface area contributed by atoms with Gasteiger partial charge in [0.05, 0.1) is 6.04 Å². The molecule has 2 rings (SSSR count). The summed E-state index contributed by atoms with van der Waals surface area (Å²) in [6.45, 7) is 0.964. The molecule has 0 radical (unpaired) electrons. The zero-order valence-corrected chi connectivity index (χ0v) is 9.86. The van der Waals surface area contributed by atoms with Crippen molar-refractivity contribution in [3.8, 4) is 0 Å². The second kappa shape index (κ2) is 4.66. The first-order valence-electron chi connectivity index (χ1n) is 5.73. The lowest BCUT2D eigenvalue weighted by molar-refractivity contribution is 0.0952. The molecule has 0 spiro atoms. The van der Waals surface area contributed by atoms with Crippen LogP contribution in [0.3, 0.4) is 0 Å². The molecule has 0 amide bonds. The van der Waals surface area contributed by atoms with Crippen LogP contribution in [-0.4, -0.2) is 32.5 Å². The van der Waals surface area contributed by atoms with E-state index in [1.165, 1.54) is 0 Å². The minimum absolute atomic E-state index is 0.0326. The normalized spacial score (nSPS) is 19.8. The summed E-state index contributed by atoms with van der Waals surface area (Å²) in [4.78, 5) is 14.1. The molecule has 1 heterocycles. The van der Waals surface area contributed by atoms with E-state index in [-0.39, 0.29) is 11.8 Å². The van der Waals surface area contributed by atoms with Crippen molar-refractivity contribution in [1.29, 1.82) is 0 Å². The maximum Gasteiger partial charge on any atom is 0.179 e. The summed E-state index contributed by atoms with van der Waals surface area (Å²) in [5, 5.41) is 3.23. The Morgan fingerprint density at radius 3 is 2.50 bits per heavy atom. The largest absolute Gasteiger partial charge is 0.378 e. The van der Waals surface area contributed by atoms with Crippen molar-refractivity contribution in [3.05, 3.63) is 29.8 Å². The Morgan fingerprint density at radius 2 is 2.00 bits per heavy atom. The van der Waals surface area contributed by atoms with Crippen LogP contribution in [0, 0.1) is 0 Å². The third kappa shape index (κ3) is 2.25. The van der Waals surface area contributed by atoms with Crippen molar-refractivity contribution in [3.63, 3.8) is 0 Å². The molecule has 1 atom stereocenters. The molecule has 1 aromatic carbocycles. The standard InChI is InChI=1S/C13H18N2O/c1-15(2)11-7-5-10(6-8-11)13(16)12-4-3-9-14-12/h5-8,12,14H,3-4,9H2,1-2H3. The number of nitrogens with zero attached hydrogens (tertiary/aromatic N) is 1. The van der Waals surface area contributed by atoms with Crippen LogP contribution in [-0.2, 0) is 0 Å². The quantitative estimate of drug-likeness (QED) is 0.784. The molecule has 0 aromatic heterocycles. The van der Waals surface area contributed by atoms with Gasteiger partial charge in [-0.1, -0.05) is 0 Å². The van der Waals surface area contributed by atoms with Gasteiger partial charge in [-0.3, -0.25) is 4.79 Å². The first-order valence-corrected chi connectivity index (χ1v) is 5.73. The van der Waals surface area contributed by atoms with E-state index in [1.54, 1.807) is 0 Å². The zero-order chi connectivity index (χ0) is 11.5. The number of carbonyl (C=O) groups excluding carboxylic acids is 1. The van der Waals surface area contributed by atoms with Gasteiger partial charge in [0.25, 0.3) is 0 Å². The molecule has 1 aliphatic rings. The number of ketones is 1. The molecule has 86 valence electrons. The van der Waals surface area contributed by atoms with Gasteiger partial charge in [-0.05, 0) is 43.7 Å². The summed E-state index contributed by atoms with van der Waals surface area (Å²) < 4.78 is 0. The molecule has 16 heavy (non-hydrogen) atoms. The monoisotopic (exact) mass is 218 g/mol. The van der Waals surface area contributed by atoms with Crippen LogP contribution in [0.5, 0.6) is 0 Å². The summed E-state index contributed by atoms with van der Waals surface area (Å²) in [7, 11) is 3.99. The van der Waals surface area contributed by atoms with Gasteiger partial charge < -0.3 is 10.2 Å². The summed E-state index contributed by atoms with van der Waals surface area (Å²) >= 11 is 0. The summed E-state index contributed by atoms with van der Waals surface area (Å²) in [6.07, 6.45) is 2.07. The highest BCUT2D eigenvalue weighted by Crippen LogP contribution is 2.16. The van der Waals surface area contributed by atoms with Crippen molar-refractivity contribution in [2.24, 2.45) is 0 Å². The highest BCUT2D eigenvalue weighted by Gasteiger charge is 2.22. The predicted octanol–water partition coefficient (Wildman–Crippen LogP) is 1.69. The number of rotatable bonds is 3. The smallest absolute Gasteiger partial charge is 0.179 e. The van der Waals surface area contributed by atoms with Gasteiger partial charge in [0.15, 0.2) is 5.78 Å². The zero-order valence-electron chi connectivity index (χ0n) is 9.86. The number of carbonyl (C=O) groups is 1. The summed E-state index contributed by atoms with van der Waals surface area (Å²) in [5.74, 6) is 0.225. The number of Topliss-reactive ketones (excluding diaryl/α,β-unsaturated/α-hetero) is 1. The minimum atomic E-state index is 0.0326. The Kier molecular flexibility index (Phi) is 3.25. The lowest BCUT2D eigenvalue weighted by atomic mass is 10.0. The second-order valence-electron chi connectivity index (χ2n) is 4.45. The maximum atomic E-state index is 12.1. The van der Waals surface area contributed by atoms with Crippen molar-refractivity contribution in [2.45, 2.75) is 18.9 Å². The van der Waals surface area contributed by atoms with Crippen molar-refractivity contribution in [1.82, 2.24) is 5.32 Å². The van der Waals surface area contributed by atoms with E-state index >= 15 is 0 Å². The Hall–Kier alpha value is -1.35. The number of benzene rings is 1. The highest BCUT2D eigenvalue weighted by atomic mass is 16.1. The lowest BCUT2D eigenvalue weighted by Gasteiger charge is -2.13. The van der Waals surface area contributed by atoms with Crippen LogP contribution in [0.25, 0.3) is 0 Å². The van der Waals surface area contributed by atoms with E-state index in [9.17, 15) is 4.79 Å². The molecule has 1 fully saturated rings. The molecule has 1 saturated heterocycles. The second-order valence-corrected chi connectivity index (χ2v) is 4.45. The van der Waals surface area contributed by atoms with E-state index in [1.807, 2.05) is 43.3 Å². The van der Waals surface area contributed by atoms with E-state index in [2.05, 4.69) is 5.32 Å². The van der Waals surface area contributed by atoms with Crippen molar-refractivity contribution < 1.29 is 4.79 Å². The van der Waals surface area contributed by atoms with Gasteiger partial charge >= 0.3 is 0 Å². The number of nitrogens with one attached hydrogen (secondary N) is 1. The maximum absolute atomic E-state index is 12.1. The average molecular weight is 218 g/mol. The number of anilines is 1. The molecule has 0 saturated carbocycles. The third-order valence-corrected chi connectivity index (χ3v) is 3.05. The minimum Gasteiger partial charge on any atom is -0.378 e. The number of hydrogen-bond donors (Lipinski definition) is 1. The van der Waals surface area contributed by atoms with Crippen LogP contribution in [0.2, 0.25) is 0 Å². The molecule has 1 N–H and O–H groups in total. The Morgan fingerprint density at radius 1 is 1.31 bits per heavy atom. The van der Waals surface area contributed by atoms with Gasteiger partial charge in [-0.25, -0.2) is 0 Å². The van der Waals surface area contributed by atoms with Crippen LogP contribution in [0.4, 0.5) is 5.69 Å². The third-order valence-electron chi connectivity index (χ3n) is 3.05. The molecule has 0 bridgehead atoms. The van der Waals surface area contributed by atoms with Gasteiger partial charge in [-0.2, -0.15) is 0 Å². The van der Waals surface area contributed by atoms with Gasteiger partial charge in [0, 0.05) is 25.3 Å². The molecule has 3 nitrogen and oxygen atoms in total. The molecular weight excluding hydrogens is 200 g/mol. The lowest BCUT2D eigenvalue weighted by Crippen LogP contribution is -2.30. The average Bonchev–Trinajstić information content (AvgIpc) is 2.81. The first-order chi connectivity index (χ1) is 7.68. The van der Waals surface area contributed by atoms with Gasteiger partial charge in [0.2, 0.25) is 0 Å². The Balaban J connectivity index is 2.11. The molecule has 1 unspecified atom stereocenters. The molecular formula is C13H18N2O. The van der Waals surface area contributed by atoms with E-state index in [0.717, 1.165) is 30.6 Å². The fourth-order valence-corrected chi connectivity index (χ4v) is 2.03. The predicted molar refractivity (Wildman–Crippen MR) is 66.1 cm³/mol. The van der Waals surface area contributed by atoms with Crippen molar-refractivity contribution >= 4 is 11.5 Å². The molecule has 0 aliphatic carbocycles. The van der Waals surface area contributed by atoms with Crippen LogP contribution < -0.4 is 10.2 Å². The van der Waals surface area contributed by atoms with Crippen LogP contribution in [0.15, 0.2) is 24.3 Å². The van der Waals surface area contributed by atoms with E-state index < -0.39 is 0 Å². The van der Waals surface area contributed by atoms with Crippen LogP contribution >= 0.6 is 0 Å². The number of hydrogen-bond acceptors (Lipinski definition) is 3. The Labute approximate surface area is 96.5 Å². The van der Waals surface area contributed by atoms with Crippen molar-refractivity contribution in [2.75, 3.05) is 25.5 Å². The molecule has 1 aromatic rings. The first kappa shape index (κ1) is 11.1. The van der Waals surface area contributed by atoms with Crippen LogP contribution in [0.1, 0.15) is 23.2 Å². The van der Waals surface area contributed by atoms with Gasteiger partial charge in [0.1, 0.15) is 0 Å². The van der Waals surface area contributed by atoms with Gasteiger partial charge in [-0.15, -0.1) is 0 Å².